The van der Waals surface area contributed by atoms with Gasteiger partial charge in [-0.2, -0.15) is 0 Å². The van der Waals surface area contributed by atoms with Crippen molar-refractivity contribution in [2.45, 2.75) is 38.6 Å². The minimum atomic E-state index is 0.480. The maximum atomic E-state index is 5.45. The van der Waals surface area contributed by atoms with Gasteiger partial charge in [-0.1, -0.05) is 26.0 Å². The third-order valence-corrected chi connectivity index (χ3v) is 3.36. The van der Waals surface area contributed by atoms with Gasteiger partial charge in [0.15, 0.2) is 0 Å². The molecule has 0 spiro atoms. The highest BCUT2D eigenvalue weighted by atomic mass is 16.5. The number of hydrogen-bond donors (Lipinski definition) is 1. The van der Waals surface area contributed by atoms with Crippen molar-refractivity contribution in [3.63, 3.8) is 0 Å². The topological polar surface area (TPSA) is 21.3 Å². The van der Waals surface area contributed by atoms with Crippen molar-refractivity contribution in [2.24, 2.45) is 0 Å². The summed E-state index contributed by atoms with van der Waals surface area (Å²) >= 11 is 0. The number of nitrogens with one attached hydrogen (secondary N) is 1. The first-order valence-corrected chi connectivity index (χ1v) is 6.13. The fourth-order valence-corrected chi connectivity index (χ4v) is 2.33. The molecule has 0 saturated carbocycles. The summed E-state index contributed by atoms with van der Waals surface area (Å²) in [6, 6.07) is 7.05. The Labute approximate surface area is 98.0 Å². The molecular weight excluding hydrogens is 198 g/mol. The Bertz CT molecular complexity index is 354. The van der Waals surface area contributed by atoms with Crippen LogP contribution in [0.5, 0.6) is 5.75 Å². The predicted octanol–water partition coefficient (Wildman–Crippen LogP) is 3.24. The van der Waals surface area contributed by atoms with Crippen LogP contribution in [0.3, 0.4) is 0 Å². The van der Waals surface area contributed by atoms with Crippen LogP contribution in [0.4, 0.5) is 0 Å². The molecule has 0 radical (unpaired) electrons. The number of benzene rings is 1. The second-order valence-corrected chi connectivity index (χ2v) is 4.81. The van der Waals surface area contributed by atoms with Crippen molar-refractivity contribution >= 4 is 0 Å². The lowest BCUT2D eigenvalue weighted by Gasteiger charge is -2.17. The lowest BCUT2D eigenvalue weighted by molar-refractivity contribution is 0.403. The Morgan fingerprint density at radius 3 is 2.75 bits per heavy atom. The van der Waals surface area contributed by atoms with E-state index in [1.165, 1.54) is 24.0 Å². The Hall–Kier alpha value is -1.02. The van der Waals surface area contributed by atoms with Gasteiger partial charge in [0, 0.05) is 11.6 Å². The van der Waals surface area contributed by atoms with E-state index in [4.69, 9.17) is 4.74 Å². The molecule has 1 aromatic rings. The SMILES string of the molecule is COc1ccc(C(C)C)cc1[C@H]1CCCN1. The van der Waals surface area contributed by atoms with Gasteiger partial charge in [-0.3, -0.25) is 0 Å². The van der Waals surface area contributed by atoms with Gasteiger partial charge < -0.3 is 10.1 Å². The summed E-state index contributed by atoms with van der Waals surface area (Å²) in [6.07, 6.45) is 2.48. The summed E-state index contributed by atoms with van der Waals surface area (Å²) in [4.78, 5) is 0. The second-order valence-electron chi connectivity index (χ2n) is 4.81. The van der Waals surface area contributed by atoms with Crippen LogP contribution in [-0.2, 0) is 0 Å². The molecule has 88 valence electrons. The molecule has 16 heavy (non-hydrogen) atoms. The van der Waals surface area contributed by atoms with Crippen LogP contribution in [0.1, 0.15) is 49.8 Å². The maximum Gasteiger partial charge on any atom is 0.123 e. The molecule has 0 amide bonds. The summed E-state index contributed by atoms with van der Waals surface area (Å²) < 4.78 is 5.45. The van der Waals surface area contributed by atoms with E-state index in [0.29, 0.717) is 12.0 Å². The molecule has 0 unspecified atom stereocenters. The first-order chi connectivity index (χ1) is 7.72. The van der Waals surface area contributed by atoms with Crippen LogP contribution in [0.25, 0.3) is 0 Å². The largest absolute Gasteiger partial charge is 0.496 e. The van der Waals surface area contributed by atoms with Crippen LogP contribution >= 0.6 is 0 Å². The Morgan fingerprint density at radius 1 is 1.38 bits per heavy atom. The summed E-state index contributed by atoms with van der Waals surface area (Å²) in [5.74, 6) is 1.59. The van der Waals surface area contributed by atoms with E-state index in [-0.39, 0.29) is 0 Å². The minimum absolute atomic E-state index is 0.480. The Kier molecular flexibility index (Phi) is 3.49. The van der Waals surface area contributed by atoms with Gasteiger partial charge in [0.1, 0.15) is 5.75 Å². The average molecular weight is 219 g/mol. The molecule has 1 saturated heterocycles. The molecule has 2 rings (SSSR count). The number of ether oxygens (including phenoxy) is 1. The van der Waals surface area contributed by atoms with Gasteiger partial charge in [-0.25, -0.2) is 0 Å². The Morgan fingerprint density at radius 2 is 2.19 bits per heavy atom. The smallest absolute Gasteiger partial charge is 0.123 e. The van der Waals surface area contributed by atoms with E-state index >= 15 is 0 Å². The van der Waals surface area contributed by atoms with Crippen molar-refractivity contribution in [2.75, 3.05) is 13.7 Å². The predicted molar refractivity (Wildman–Crippen MR) is 67.1 cm³/mol. The third kappa shape index (κ3) is 2.22. The highest BCUT2D eigenvalue weighted by Gasteiger charge is 2.20. The van der Waals surface area contributed by atoms with Gasteiger partial charge in [0.2, 0.25) is 0 Å². The molecule has 1 aliphatic rings. The van der Waals surface area contributed by atoms with E-state index in [2.05, 4.69) is 37.4 Å². The molecule has 0 aliphatic carbocycles. The van der Waals surface area contributed by atoms with Crippen molar-refractivity contribution in [1.82, 2.24) is 5.32 Å². The van der Waals surface area contributed by atoms with Crippen LogP contribution in [0.2, 0.25) is 0 Å². The summed E-state index contributed by atoms with van der Waals surface area (Å²) in [5.41, 5.74) is 2.72. The van der Waals surface area contributed by atoms with Gasteiger partial charge in [0.05, 0.1) is 7.11 Å². The summed E-state index contributed by atoms with van der Waals surface area (Å²) in [6.45, 7) is 5.58. The molecule has 1 aromatic carbocycles. The number of rotatable bonds is 3. The molecule has 0 bridgehead atoms. The van der Waals surface area contributed by atoms with Crippen molar-refractivity contribution in [3.8, 4) is 5.75 Å². The molecule has 1 atom stereocenters. The van der Waals surface area contributed by atoms with Crippen LogP contribution in [0, 0.1) is 0 Å². The van der Waals surface area contributed by atoms with E-state index < -0.39 is 0 Å². The molecular formula is C14H21NO. The van der Waals surface area contributed by atoms with Gasteiger partial charge in [0.25, 0.3) is 0 Å². The molecule has 1 N–H and O–H groups in total. The van der Waals surface area contributed by atoms with Crippen LogP contribution in [0.15, 0.2) is 18.2 Å². The standard InChI is InChI=1S/C14H21NO/c1-10(2)11-6-7-14(16-3)12(9-11)13-5-4-8-15-13/h6-7,9-10,13,15H,4-5,8H2,1-3H3/t13-/m1/s1. The highest BCUT2D eigenvalue weighted by molar-refractivity contribution is 5.40. The molecule has 1 fully saturated rings. The van der Waals surface area contributed by atoms with Gasteiger partial charge in [-0.05, 0) is 36.9 Å². The molecule has 2 heteroatoms. The molecule has 0 aromatic heterocycles. The van der Waals surface area contributed by atoms with Gasteiger partial charge in [-0.15, -0.1) is 0 Å². The third-order valence-electron chi connectivity index (χ3n) is 3.36. The first-order valence-electron chi connectivity index (χ1n) is 6.13. The monoisotopic (exact) mass is 219 g/mol. The average Bonchev–Trinajstić information content (AvgIpc) is 2.81. The zero-order valence-corrected chi connectivity index (χ0v) is 10.4. The number of hydrogen-bond acceptors (Lipinski definition) is 2. The van der Waals surface area contributed by atoms with Crippen molar-refractivity contribution < 1.29 is 4.74 Å². The number of methoxy groups -OCH3 is 1. The van der Waals surface area contributed by atoms with E-state index in [1.54, 1.807) is 7.11 Å². The first kappa shape index (κ1) is 11.5. The summed E-state index contributed by atoms with van der Waals surface area (Å²) in [7, 11) is 1.75. The highest BCUT2D eigenvalue weighted by Crippen LogP contribution is 2.33. The fourth-order valence-electron chi connectivity index (χ4n) is 2.33. The van der Waals surface area contributed by atoms with Gasteiger partial charge >= 0.3 is 0 Å². The zero-order valence-electron chi connectivity index (χ0n) is 10.4. The quantitative estimate of drug-likeness (QED) is 0.842. The molecule has 1 heterocycles. The van der Waals surface area contributed by atoms with Crippen LogP contribution in [-0.4, -0.2) is 13.7 Å². The molecule has 1 aliphatic heterocycles. The van der Waals surface area contributed by atoms with E-state index in [0.717, 1.165) is 12.3 Å². The zero-order chi connectivity index (χ0) is 11.5. The lowest BCUT2D eigenvalue weighted by Crippen LogP contribution is -2.14. The van der Waals surface area contributed by atoms with Crippen LogP contribution < -0.4 is 10.1 Å². The normalized spacial score (nSPS) is 20.4. The van der Waals surface area contributed by atoms with E-state index in [9.17, 15) is 0 Å². The minimum Gasteiger partial charge on any atom is -0.496 e. The summed E-state index contributed by atoms with van der Waals surface area (Å²) in [5, 5.41) is 3.53. The fraction of sp³-hybridized carbons (Fsp3) is 0.571. The van der Waals surface area contributed by atoms with Crippen molar-refractivity contribution in [1.29, 1.82) is 0 Å². The lowest BCUT2D eigenvalue weighted by atomic mass is 9.96. The van der Waals surface area contributed by atoms with E-state index in [1.807, 2.05) is 0 Å². The second kappa shape index (κ2) is 4.88. The molecule has 2 nitrogen and oxygen atoms in total. The maximum absolute atomic E-state index is 5.45. The van der Waals surface area contributed by atoms with Crippen molar-refractivity contribution in [3.05, 3.63) is 29.3 Å². The Balaban J connectivity index is 2.34.